The van der Waals surface area contributed by atoms with Gasteiger partial charge in [0.2, 0.25) is 11.7 Å². The molecule has 5 atom stereocenters. The van der Waals surface area contributed by atoms with Crippen LogP contribution in [0.25, 0.3) is 0 Å². The van der Waals surface area contributed by atoms with Crippen molar-refractivity contribution in [3.63, 3.8) is 0 Å². The normalized spacial score (nSPS) is 24.7. The van der Waals surface area contributed by atoms with Crippen molar-refractivity contribution in [1.82, 2.24) is 20.3 Å². The van der Waals surface area contributed by atoms with Crippen molar-refractivity contribution in [1.29, 1.82) is 0 Å². The summed E-state index contributed by atoms with van der Waals surface area (Å²) in [6, 6.07) is -1.19. The summed E-state index contributed by atoms with van der Waals surface area (Å²) in [5.41, 5.74) is -1.01. The lowest BCUT2D eigenvalue weighted by molar-refractivity contribution is -0.148. The molecule has 0 fully saturated rings. The number of ether oxygens (including phenoxy) is 1. The quantitative estimate of drug-likeness (QED) is 0.285. The fraction of sp³-hybridized carbons (Fsp3) is 0.625. The number of nitrogens with zero attached hydrogens (tertiary/aromatic N) is 3. The number of aliphatic hydroxyl groups excluding tert-OH is 3. The number of amides is 1. The van der Waals surface area contributed by atoms with Crippen molar-refractivity contribution in [3.8, 4) is 0 Å². The van der Waals surface area contributed by atoms with E-state index < -0.39 is 53.7 Å². The van der Waals surface area contributed by atoms with Crippen molar-refractivity contribution in [3.05, 3.63) is 23.7 Å². The van der Waals surface area contributed by atoms with Crippen LogP contribution in [0, 0.1) is 0 Å². The largest absolute Gasteiger partial charge is 0.478 e. The smallest absolute Gasteiger partial charge is 0.370 e. The van der Waals surface area contributed by atoms with Crippen molar-refractivity contribution >= 4 is 11.9 Å². The minimum absolute atomic E-state index is 0.241. The Kier molecular flexibility index (Phi) is 6.39. The molecule has 0 radical (unpaired) electrons. The highest BCUT2D eigenvalue weighted by atomic mass is 16.5. The zero-order chi connectivity index (χ0) is 21.2. The van der Waals surface area contributed by atoms with Gasteiger partial charge in [-0.1, -0.05) is 5.21 Å². The number of carboxylic acid groups (broad SMARTS) is 1. The molecule has 0 spiro atoms. The zero-order valence-corrected chi connectivity index (χ0v) is 15.6. The van der Waals surface area contributed by atoms with Gasteiger partial charge < -0.3 is 35.6 Å². The second-order valence-corrected chi connectivity index (χ2v) is 7.08. The van der Waals surface area contributed by atoms with Gasteiger partial charge >= 0.3 is 5.97 Å². The summed E-state index contributed by atoms with van der Waals surface area (Å²) in [6.45, 7) is 3.92. The lowest BCUT2D eigenvalue weighted by atomic mass is 9.93. The third-order valence-corrected chi connectivity index (χ3v) is 4.16. The highest BCUT2D eigenvalue weighted by molar-refractivity contribution is 5.84. The predicted molar refractivity (Wildman–Crippen MR) is 91.5 cm³/mol. The molecule has 1 aromatic heterocycles. The van der Waals surface area contributed by atoms with E-state index in [4.69, 9.17) is 9.84 Å². The number of carboxylic acids is 1. The molecule has 1 amide bonds. The Hall–Kier alpha value is -2.54. The average molecular weight is 400 g/mol. The number of aliphatic carboxylic acids is 1. The number of aliphatic hydroxyl groups is 4. The van der Waals surface area contributed by atoms with Crippen LogP contribution >= 0.6 is 0 Å². The van der Waals surface area contributed by atoms with Crippen molar-refractivity contribution in [2.45, 2.75) is 63.4 Å². The minimum atomic E-state index is -1.69. The molecule has 6 N–H and O–H groups in total. The lowest BCUT2D eigenvalue weighted by Crippen LogP contribution is -2.59. The highest BCUT2D eigenvalue weighted by Gasteiger charge is 2.43. The molecule has 1 aliphatic rings. The van der Waals surface area contributed by atoms with Gasteiger partial charge in [0.05, 0.1) is 18.8 Å². The molecule has 2 rings (SSSR count). The molecule has 2 heterocycles. The Bertz CT molecular complexity index is 756. The third kappa shape index (κ3) is 5.04. The molecule has 0 saturated carbocycles. The van der Waals surface area contributed by atoms with Crippen molar-refractivity contribution < 1.29 is 39.9 Å². The van der Waals surface area contributed by atoms with Crippen LogP contribution in [0.3, 0.4) is 0 Å². The molecule has 0 saturated heterocycles. The van der Waals surface area contributed by atoms with Gasteiger partial charge in [-0.25, -0.2) is 9.48 Å². The second-order valence-electron chi connectivity index (χ2n) is 7.08. The first-order valence-electron chi connectivity index (χ1n) is 8.46. The number of carbonyl (C=O) groups excluding carboxylic acids is 1. The summed E-state index contributed by atoms with van der Waals surface area (Å²) >= 11 is 0. The van der Waals surface area contributed by atoms with Gasteiger partial charge in [0, 0.05) is 6.92 Å². The molecule has 12 nitrogen and oxygen atoms in total. The number of hydrogen-bond acceptors (Lipinski definition) is 9. The monoisotopic (exact) mass is 400 g/mol. The van der Waals surface area contributed by atoms with Crippen LogP contribution in [-0.4, -0.2) is 82.9 Å². The SMILES string of the molecule is CC(=O)N[C@H]1C([C@@H](O)[C@@H](O)Cn2cc(C(C)(C)O)nn2)OC(C(=O)O)=C[C@@H]1O. The maximum Gasteiger partial charge on any atom is 0.370 e. The summed E-state index contributed by atoms with van der Waals surface area (Å²) in [5.74, 6) is -2.63. The second kappa shape index (κ2) is 8.22. The summed E-state index contributed by atoms with van der Waals surface area (Å²) in [5, 5.41) is 59.9. The summed E-state index contributed by atoms with van der Waals surface area (Å²) in [4.78, 5) is 22.6. The van der Waals surface area contributed by atoms with Gasteiger partial charge in [0.25, 0.3) is 0 Å². The van der Waals surface area contributed by atoms with E-state index in [1.165, 1.54) is 31.6 Å². The van der Waals surface area contributed by atoms with Gasteiger partial charge in [0.1, 0.15) is 29.6 Å². The number of nitrogens with one attached hydrogen (secondary N) is 1. The first-order chi connectivity index (χ1) is 12.9. The zero-order valence-electron chi connectivity index (χ0n) is 15.6. The van der Waals surface area contributed by atoms with Gasteiger partial charge in [-0.2, -0.15) is 0 Å². The fourth-order valence-corrected chi connectivity index (χ4v) is 2.70. The van der Waals surface area contributed by atoms with Crippen LogP contribution in [0.4, 0.5) is 0 Å². The van der Waals surface area contributed by atoms with Crippen LogP contribution in [0.15, 0.2) is 18.0 Å². The molecular weight excluding hydrogens is 376 g/mol. The average Bonchev–Trinajstić information content (AvgIpc) is 3.04. The Balaban J connectivity index is 2.19. The van der Waals surface area contributed by atoms with E-state index in [1.807, 2.05) is 0 Å². The molecular formula is C16H24N4O8. The maximum atomic E-state index is 11.4. The molecule has 1 aromatic rings. The van der Waals surface area contributed by atoms with Crippen molar-refractivity contribution in [2.75, 3.05) is 0 Å². The van der Waals surface area contributed by atoms with Gasteiger partial charge in [-0.05, 0) is 19.9 Å². The molecule has 0 aromatic carbocycles. The maximum absolute atomic E-state index is 11.4. The standard InChI is InChI=1S/C16H24N4O8/c1-7(21)17-12-8(22)4-10(15(25)26)28-14(12)13(24)9(23)5-20-6-11(18-19-20)16(2,3)27/h4,6,8-9,12-14,22-24,27H,5H2,1-3H3,(H,17,21)(H,25,26)/t8-,9-,12+,13-,14?/m0/s1. The summed E-state index contributed by atoms with van der Waals surface area (Å²) < 4.78 is 6.39. The summed E-state index contributed by atoms with van der Waals surface area (Å²) in [6.07, 6.45) is -3.83. The van der Waals surface area contributed by atoms with E-state index >= 15 is 0 Å². The lowest BCUT2D eigenvalue weighted by Gasteiger charge is -2.38. The topological polar surface area (TPSA) is 187 Å². The third-order valence-electron chi connectivity index (χ3n) is 4.16. The predicted octanol–water partition coefficient (Wildman–Crippen LogP) is -2.54. The number of aromatic nitrogens is 3. The molecule has 156 valence electrons. The molecule has 12 heteroatoms. The summed E-state index contributed by atoms with van der Waals surface area (Å²) in [7, 11) is 0. The van der Waals surface area contributed by atoms with Crippen LogP contribution in [0.5, 0.6) is 0 Å². The molecule has 28 heavy (non-hydrogen) atoms. The van der Waals surface area contributed by atoms with Crippen molar-refractivity contribution in [2.24, 2.45) is 0 Å². The minimum Gasteiger partial charge on any atom is -0.478 e. The molecule has 0 aliphatic carbocycles. The fourth-order valence-electron chi connectivity index (χ4n) is 2.70. The Morgan fingerprint density at radius 1 is 1.39 bits per heavy atom. The Morgan fingerprint density at radius 3 is 2.54 bits per heavy atom. The Labute approximate surface area is 160 Å². The molecule has 0 bridgehead atoms. The van der Waals surface area contributed by atoms with E-state index in [0.717, 1.165) is 6.08 Å². The van der Waals surface area contributed by atoms with E-state index in [0.29, 0.717) is 0 Å². The first-order valence-corrected chi connectivity index (χ1v) is 8.46. The highest BCUT2D eigenvalue weighted by Crippen LogP contribution is 2.23. The van der Waals surface area contributed by atoms with Gasteiger partial charge in [-0.3, -0.25) is 4.79 Å². The van der Waals surface area contributed by atoms with Crippen LogP contribution in [-0.2, 0) is 26.5 Å². The first kappa shape index (κ1) is 21.8. The molecule has 1 unspecified atom stereocenters. The number of carbonyl (C=O) groups is 2. The van der Waals surface area contributed by atoms with Crippen LogP contribution in [0.2, 0.25) is 0 Å². The van der Waals surface area contributed by atoms with Gasteiger partial charge in [0.15, 0.2) is 6.10 Å². The van der Waals surface area contributed by atoms with E-state index in [-0.39, 0.29) is 12.2 Å². The number of hydrogen-bond donors (Lipinski definition) is 6. The van der Waals surface area contributed by atoms with Crippen LogP contribution in [0.1, 0.15) is 26.5 Å². The van der Waals surface area contributed by atoms with Gasteiger partial charge in [-0.15, -0.1) is 5.10 Å². The van der Waals surface area contributed by atoms with E-state index in [2.05, 4.69) is 15.6 Å². The van der Waals surface area contributed by atoms with E-state index in [9.17, 15) is 30.0 Å². The number of rotatable bonds is 7. The van der Waals surface area contributed by atoms with Crippen LogP contribution < -0.4 is 5.32 Å². The van der Waals surface area contributed by atoms with E-state index in [1.54, 1.807) is 0 Å². The Morgan fingerprint density at radius 2 is 2.04 bits per heavy atom. The molecule has 1 aliphatic heterocycles.